The molecule has 0 aromatic carbocycles. The van der Waals surface area contributed by atoms with E-state index in [2.05, 4.69) is 4.52 Å². The summed E-state index contributed by atoms with van der Waals surface area (Å²) in [6.07, 6.45) is -2.81. The van der Waals surface area contributed by atoms with Gasteiger partial charge in [0.05, 0.1) is 12.8 Å². The van der Waals surface area contributed by atoms with Crippen LogP contribution in [-0.4, -0.2) is 86.4 Å². The van der Waals surface area contributed by atoms with E-state index in [4.69, 9.17) is 25.1 Å². The van der Waals surface area contributed by atoms with E-state index < -0.39 is 44.2 Å². The molecule has 0 unspecified atom stereocenters. The van der Waals surface area contributed by atoms with E-state index in [1.54, 1.807) is 0 Å². The standard InChI is InChI=1S/C6H9O10P.Ca.2H/c7-3(8)1-6(5(11)12,2-4(9)10)16-17(13,14)15;;;/h1-2H2,(H,7,8)(H,9,10)(H,11,12)(H2,13,14,15);;;/q;+2;2*-1. The van der Waals surface area contributed by atoms with E-state index >= 15 is 0 Å². The van der Waals surface area contributed by atoms with Crippen LogP contribution in [0.15, 0.2) is 0 Å². The molecule has 18 heavy (non-hydrogen) atoms. The number of phosphoric acid groups is 1. The topological polar surface area (TPSA) is 179 Å². The normalized spacial score (nSPS) is 11.4. The maximum absolute atomic E-state index is 10.8. The molecular weight excluding hydrogens is 303 g/mol. The Morgan fingerprint density at radius 2 is 1.39 bits per heavy atom. The third kappa shape index (κ3) is 7.27. The maximum Gasteiger partial charge on any atom is 2.00 e. The quantitative estimate of drug-likeness (QED) is 0.280. The van der Waals surface area contributed by atoms with Crippen molar-refractivity contribution in [3.8, 4) is 0 Å². The fraction of sp³-hybridized carbons (Fsp3) is 0.500. The summed E-state index contributed by atoms with van der Waals surface area (Å²) >= 11 is 0. The molecule has 0 rings (SSSR count). The van der Waals surface area contributed by atoms with Gasteiger partial charge < -0.3 is 28.0 Å². The SMILES string of the molecule is O=C(O)CC(CC(=O)O)(OP(=O)(O)O)C(=O)O.[Ca+2].[H-].[H-]. The minimum atomic E-state index is -5.36. The number of hydrogen-bond acceptors (Lipinski definition) is 5. The van der Waals surface area contributed by atoms with Gasteiger partial charge in [0.25, 0.3) is 0 Å². The molecular formula is C6H11CaO10P. The first-order chi connectivity index (χ1) is 7.48. The van der Waals surface area contributed by atoms with Crippen molar-refractivity contribution in [2.45, 2.75) is 18.4 Å². The largest absolute Gasteiger partial charge is 2.00 e. The van der Waals surface area contributed by atoms with Crippen molar-refractivity contribution in [2.24, 2.45) is 0 Å². The van der Waals surface area contributed by atoms with Gasteiger partial charge in [-0.2, -0.15) is 0 Å². The van der Waals surface area contributed by atoms with Crippen molar-refractivity contribution in [2.75, 3.05) is 0 Å². The second-order valence-corrected chi connectivity index (χ2v) is 4.19. The summed E-state index contributed by atoms with van der Waals surface area (Å²) in [5.41, 5.74) is -3.02. The monoisotopic (exact) mass is 314 g/mol. The third-order valence-electron chi connectivity index (χ3n) is 1.56. The van der Waals surface area contributed by atoms with Crippen LogP contribution in [0.2, 0.25) is 0 Å². The van der Waals surface area contributed by atoms with E-state index in [0.29, 0.717) is 0 Å². The molecule has 10 nitrogen and oxygen atoms in total. The van der Waals surface area contributed by atoms with Crippen LogP contribution in [0, 0.1) is 0 Å². The Morgan fingerprint density at radius 1 is 1.06 bits per heavy atom. The Kier molecular flexibility index (Phi) is 8.25. The molecule has 0 radical (unpaired) electrons. The minimum Gasteiger partial charge on any atom is -1.00 e. The summed E-state index contributed by atoms with van der Waals surface area (Å²) in [7, 11) is -5.36. The van der Waals surface area contributed by atoms with Gasteiger partial charge in [-0.15, -0.1) is 0 Å². The number of phosphoric ester groups is 1. The van der Waals surface area contributed by atoms with Gasteiger partial charge in [-0.3, -0.25) is 14.1 Å². The predicted molar refractivity (Wildman–Crippen MR) is 56.0 cm³/mol. The second kappa shape index (κ2) is 7.39. The van der Waals surface area contributed by atoms with Gasteiger partial charge in [-0.05, 0) is 0 Å². The first-order valence-electron chi connectivity index (χ1n) is 3.92. The second-order valence-electron chi connectivity index (χ2n) is 3.02. The maximum atomic E-state index is 10.8. The van der Waals surface area contributed by atoms with E-state index in [0.717, 1.165) is 0 Å². The van der Waals surface area contributed by atoms with Crippen LogP contribution in [0.1, 0.15) is 15.7 Å². The smallest absolute Gasteiger partial charge is 1.00 e. The van der Waals surface area contributed by atoms with E-state index in [1.165, 1.54) is 0 Å². The molecule has 0 aliphatic carbocycles. The Labute approximate surface area is 133 Å². The van der Waals surface area contributed by atoms with Crippen LogP contribution in [0.5, 0.6) is 0 Å². The van der Waals surface area contributed by atoms with Crippen LogP contribution in [0.3, 0.4) is 0 Å². The molecule has 0 atom stereocenters. The number of aliphatic carboxylic acids is 3. The summed E-state index contributed by atoms with van der Waals surface area (Å²) < 4.78 is 14.4. The number of carboxylic acids is 3. The molecule has 0 aromatic heterocycles. The Bertz CT molecular complexity index is 379. The fourth-order valence-electron chi connectivity index (χ4n) is 1.03. The molecule has 0 amide bonds. The van der Waals surface area contributed by atoms with Gasteiger partial charge in [0.1, 0.15) is 0 Å². The average molecular weight is 314 g/mol. The zero-order valence-corrected chi connectivity index (χ0v) is 11.9. The van der Waals surface area contributed by atoms with Crippen molar-refractivity contribution in [3.05, 3.63) is 0 Å². The predicted octanol–water partition coefficient (Wildman–Crippen LogP) is -1.29. The summed E-state index contributed by atoms with van der Waals surface area (Å²) in [4.78, 5) is 48.5. The molecule has 0 aromatic rings. The zero-order chi connectivity index (χ0) is 13.9. The summed E-state index contributed by atoms with van der Waals surface area (Å²) in [5.74, 6) is -5.64. The molecule has 5 N–H and O–H groups in total. The van der Waals surface area contributed by atoms with Gasteiger partial charge in [0.2, 0.25) is 0 Å². The van der Waals surface area contributed by atoms with Gasteiger partial charge in [-0.1, -0.05) is 0 Å². The third-order valence-corrected chi connectivity index (χ3v) is 2.14. The number of rotatable bonds is 7. The van der Waals surface area contributed by atoms with Gasteiger partial charge >= 0.3 is 63.5 Å². The number of carbonyl (C=O) groups is 3. The van der Waals surface area contributed by atoms with Gasteiger partial charge in [0.15, 0.2) is 5.60 Å². The van der Waals surface area contributed by atoms with Gasteiger partial charge in [0, 0.05) is 0 Å². The molecule has 0 spiro atoms. The van der Waals surface area contributed by atoms with Gasteiger partial charge in [-0.25, -0.2) is 9.36 Å². The summed E-state index contributed by atoms with van der Waals surface area (Å²) in [6.45, 7) is 0. The molecule has 0 aliphatic rings. The van der Waals surface area contributed by atoms with Crippen LogP contribution < -0.4 is 0 Å². The van der Waals surface area contributed by atoms with Crippen LogP contribution in [0.4, 0.5) is 0 Å². The van der Waals surface area contributed by atoms with Crippen LogP contribution in [-0.2, 0) is 23.5 Å². The van der Waals surface area contributed by atoms with Crippen molar-refractivity contribution < 1.29 is 51.4 Å². The van der Waals surface area contributed by atoms with Crippen molar-refractivity contribution in [1.82, 2.24) is 0 Å². The molecule has 0 bridgehead atoms. The molecule has 0 saturated carbocycles. The molecule has 0 heterocycles. The molecule has 102 valence electrons. The molecule has 0 aliphatic heterocycles. The molecule has 0 fully saturated rings. The zero-order valence-electron chi connectivity index (χ0n) is 10.8. The first-order valence-corrected chi connectivity index (χ1v) is 5.45. The average Bonchev–Trinajstić information content (AvgIpc) is 1.96. The van der Waals surface area contributed by atoms with Crippen LogP contribution in [0.25, 0.3) is 0 Å². The van der Waals surface area contributed by atoms with E-state index in [9.17, 15) is 18.9 Å². The Hall–Kier alpha value is -0.220. The molecule has 12 heteroatoms. The number of carboxylic acid groups (broad SMARTS) is 3. The minimum absolute atomic E-state index is 0. The van der Waals surface area contributed by atoms with E-state index in [1.807, 2.05) is 0 Å². The van der Waals surface area contributed by atoms with Crippen molar-refractivity contribution in [3.63, 3.8) is 0 Å². The fourth-order valence-corrected chi connectivity index (χ4v) is 1.70. The Balaban J connectivity index is -0.000000427. The van der Waals surface area contributed by atoms with Crippen molar-refractivity contribution >= 4 is 63.5 Å². The Morgan fingerprint density at radius 3 is 1.56 bits per heavy atom. The van der Waals surface area contributed by atoms with E-state index in [-0.39, 0.29) is 40.6 Å². The van der Waals surface area contributed by atoms with Crippen LogP contribution >= 0.6 is 7.82 Å². The summed E-state index contributed by atoms with van der Waals surface area (Å²) in [6, 6.07) is 0. The first kappa shape index (κ1) is 20.1. The van der Waals surface area contributed by atoms with Crippen molar-refractivity contribution in [1.29, 1.82) is 0 Å². The summed E-state index contributed by atoms with van der Waals surface area (Å²) in [5, 5.41) is 25.5. The number of hydrogen-bond donors (Lipinski definition) is 5. The molecule has 0 saturated heterocycles.